The fourth-order valence-corrected chi connectivity index (χ4v) is 6.85. The van der Waals surface area contributed by atoms with Crippen molar-refractivity contribution in [3.8, 4) is 23.0 Å². The maximum atomic E-state index is 12.3. The molecule has 0 radical (unpaired) electrons. The highest BCUT2D eigenvalue weighted by Crippen LogP contribution is 2.20. The van der Waals surface area contributed by atoms with Crippen LogP contribution in [-0.4, -0.2) is 158 Å². The molecule has 14 N–H and O–H groups in total. The number of nitrogens with zero attached hydrogens (tertiary/aromatic N) is 6. The fraction of sp³-hybridized carbons (Fsp3) is 0.292. The normalized spacial score (nSPS) is 12.6. The number of carboxylic acid groups (broad SMARTS) is 4. The number of rotatable bonds is 31. The maximum absolute atomic E-state index is 12.3. The van der Waals surface area contributed by atoms with Gasteiger partial charge in [-0.15, -0.1) is 0 Å². The average Bonchev–Trinajstić information content (AvgIpc) is 3.36. The zero-order valence-electron chi connectivity index (χ0n) is 39.3. The maximum Gasteiger partial charge on any atom is 0.326 e. The van der Waals surface area contributed by atoms with Gasteiger partial charge in [0.2, 0.25) is 35.7 Å². The molecule has 74 heavy (non-hydrogen) atoms. The third kappa shape index (κ3) is 17.8. The molecular weight excluding hydrogens is 969 g/mol. The molecule has 0 spiro atoms. The molecule has 0 fully saturated rings. The van der Waals surface area contributed by atoms with Crippen molar-refractivity contribution in [1.29, 1.82) is 0 Å². The summed E-state index contributed by atoms with van der Waals surface area (Å²) in [5, 5.41) is 95.8. The summed E-state index contributed by atoms with van der Waals surface area (Å²) in [6, 6.07) is 18.9. The summed E-state index contributed by atoms with van der Waals surface area (Å²) in [5.74, 6) is -5.73. The minimum atomic E-state index is -1.24. The second-order valence-electron chi connectivity index (χ2n) is 16.3. The van der Waals surface area contributed by atoms with Gasteiger partial charge in [0.1, 0.15) is 47.2 Å². The van der Waals surface area contributed by atoms with E-state index in [9.17, 15) is 60.0 Å². The first-order chi connectivity index (χ1) is 35.5. The summed E-state index contributed by atoms with van der Waals surface area (Å²) in [6.45, 7) is 0.768. The van der Waals surface area contributed by atoms with Crippen molar-refractivity contribution in [2.24, 2.45) is 0 Å². The van der Waals surface area contributed by atoms with Gasteiger partial charge >= 0.3 is 23.9 Å². The molecule has 2 heterocycles. The van der Waals surface area contributed by atoms with Crippen LogP contribution in [-0.2, 0) is 54.3 Å². The zero-order valence-corrected chi connectivity index (χ0v) is 39.3. The number of phenolic OH excluding ortho intramolecular Hbond substituents is 4. The van der Waals surface area contributed by atoms with Crippen LogP contribution in [0, 0.1) is 0 Å². The van der Waals surface area contributed by atoms with Crippen LogP contribution in [0.25, 0.3) is 0 Å². The van der Waals surface area contributed by atoms with E-state index in [1.165, 1.54) is 48.5 Å². The first kappa shape index (κ1) is 54.0. The molecule has 0 saturated heterocycles. The number of carbonyl (C=O) groups is 4. The quantitative estimate of drug-likeness (QED) is 0.0278. The molecule has 26 nitrogen and oxygen atoms in total. The molecule has 0 saturated carbocycles. The number of benzene rings is 4. The highest BCUT2D eigenvalue weighted by molar-refractivity contribution is 5.79. The number of hydrogen-bond donors (Lipinski definition) is 14. The van der Waals surface area contributed by atoms with Gasteiger partial charge < -0.3 is 82.2 Å². The predicted molar refractivity (Wildman–Crippen MR) is 266 cm³/mol. The summed E-state index contributed by atoms with van der Waals surface area (Å²) < 4.78 is 11.4. The van der Waals surface area contributed by atoms with Crippen molar-refractivity contribution in [2.45, 2.75) is 49.9 Å². The Kier molecular flexibility index (Phi) is 19.6. The molecule has 0 aliphatic rings. The molecule has 0 unspecified atom stereocenters. The Balaban J connectivity index is 1.04. The number of phenols is 4. The van der Waals surface area contributed by atoms with E-state index in [2.05, 4.69) is 61.8 Å². The highest BCUT2D eigenvalue weighted by Gasteiger charge is 2.25. The molecule has 6 rings (SSSR count). The summed E-state index contributed by atoms with van der Waals surface area (Å²) in [5.41, 5.74) is 2.35. The van der Waals surface area contributed by atoms with Gasteiger partial charge in [-0.1, -0.05) is 48.5 Å². The standard InChI is InChI=1S/C48H54N12O14/c61-31-9-1-27(2-10-31)23-35(39(65)66)51-45-55-43(56-46(59-45)52-36(40(67)68)24-28-3-11-32(62)12-4-28)49-17-19-73-21-22-74-20-18-50-44-57-47(53-37(41(69)70)25-29-5-13-33(63)14-6-29)60-48(58-44)54-38(42(71)72)26-30-7-15-34(64)16-8-30/h1-16,35-38,61-64H,17-26H2,(H,65,66)(H,67,68)(H,69,70)(H,71,72)(H3,49,51,52,55,56,59)(H3,50,53,54,57,58,60)/t35-,36-,37-,38-/m0/s1. The lowest BCUT2D eigenvalue weighted by molar-refractivity contribution is -0.138. The Labute approximate surface area is 421 Å². The van der Waals surface area contributed by atoms with Gasteiger partial charge in [0.05, 0.1) is 26.4 Å². The Bertz CT molecular complexity index is 2430. The number of carboxylic acids is 4. The van der Waals surface area contributed by atoms with Gasteiger partial charge in [-0.2, -0.15) is 29.9 Å². The van der Waals surface area contributed by atoms with Crippen LogP contribution in [0.2, 0.25) is 0 Å². The molecule has 0 amide bonds. The molecule has 0 aliphatic heterocycles. The third-order valence-corrected chi connectivity index (χ3v) is 10.6. The van der Waals surface area contributed by atoms with E-state index >= 15 is 0 Å². The summed E-state index contributed by atoms with van der Waals surface area (Å²) in [4.78, 5) is 74.9. The van der Waals surface area contributed by atoms with E-state index < -0.39 is 48.0 Å². The van der Waals surface area contributed by atoms with Gasteiger partial charge in [0, 0.05) is 38.8 Å². The number of hydrogen-bond acceptors (Lipinski definition) is 22. The molecule has 390 valence electrons. The molecule has 0 aliphatic carbocycles. The number of nitrogens with one attached hydrogen (secondary N) is 6. The van der Waals surface area contributed by atoms with Gasteiger partial charge in [-0.05, 0) is 70.8 Å². The highest BCUT2D eigenvalue weighted by atomic mass is 16.5. The van der Waals surface area contributed by atoms with E-state index in [1.807, 2.05) is 0 Å². The van der Waals surface area contributed by atoms with Crippen LogP contribution < -0.4 is 31.9 Å². The predicted octanol–water partition coefficient (Wildman–Crippen LogP) is 2.87. The van der Waals surface area contributed by atoms with Crippen molar-refractivity contribution in [1.82, 2.24) is 29.9 Å². The van der Waals surface area contributed by atoms with E-state index in [-0.39, 0.29) is 124 Å². The monoisotopic (exact) mass is 1020 g/mol. The molecule has 4 atom stereocenters. The largest absolute Gasteiger partial charge is 0.508 e. The second-order valence-corrected chi connectivity index (χ2v) is 16.3. The summed E-state index contributed by atoms with van der Waals surface area (Å²) >= 11 is 0. The first-order valence-corrected chi connectivity index (χ1v) is 22.8. The minimum Gasteiger partial charge on any atom is -0.508 e. The van der Waals surface area contributed by atoms with Crippen LogP contribution in [0.15, 0.2) is 97.1 Å². The molecule has 0 bridgehead atoms. The van der Waals surface area contributed by atoms with Crippen LogP contribution >= 0.6 is 0 Å². The molecule has 4 aromatic carbocycles. The average molecular weight is 1020 g/mol. The third-order valence-electron chi connectivity index (χ3n) is 10.6. The topological polar surface area (TPSA) is 398 Å². The molecule has 2 aromatic heterocycles. The van der Waals surface area contributed by atoms with Crippen molar-refractivity contribution < 1.29 is 69.5 Å². The summed E-state index contributed by atoms with van der Waals surface area (Å²) in [7, 11) is 0. The lowest BCUT2D eigenvalue weighted by Gasteiger charge is -2.18. The SMILES string of the molecule is O=C(O)[C@H](Cc1ccc(O)cc1)Nc1nc(NCCOCCOCCNc2nc(N[C@@H](Cc3ccc(O)cc3)C(=O)O)nc(N[C@@H](Cc3ccc(O)cc3)C(=O)O)n2)nc(N[C@@H](Cc2ccc(O)cc2)C(=O)O)n1. The lowest BCUT2D eigenvalue weighted by atomic mass is 10.1. The van der Waals surface area contributed by atoms with Crippen molar-refractivity contribution in [3.63, 3.8) is 0 Å². The van der Waals surface area contributed by atoms with Crippen LogP contribution in [0.5, 0.6) is 23.0 Å². The fourth-order valence-electron chi connectivity index (χ4n) is 6.85. The second kappa shape index (κ2) is 26.8. The number of anilines is 6. The molecule has 26 heteroatoms. The summed E-state index contributed by atoms with van der Waals surface area (Å²) in [6.07, 6.45) is -0.0977. The van der Waals surface area contributed by atoms with Gasteiger partial charge in [0.25, 0.3) is 0 Å². The van der Waals surface area contributed by atoms with Crippen LogP contribution in [0.4, 0.5) is 35.7 Å². The zero-order chi connectivity index (χ0) is 53.0. The Morgan fingerprint density at radius 2 is 0.568 bits per heavy atom. The first-order valence-electron chi connectivity index (χ1n) is 22.8. The van der Waals surface area contributed by atoms with Crippen molar-refractivity contribution in [2.75, 3.05) is 71.4 Å². The van der Waals surface area contributed by atoms with Crippen LogP contribution in [0.3, 0.4) is 0 Å². The number of aromatic hydroxyl groups is 4. The lowest BCUT2D eigenvalue weighted by Crippen LogP contribution is -2.34. The Hall–Kier alpha value is -9.30. The molecule has 6 aromatic rings. The van der Waals surface area contributed by atoms with Crippen molar-refractivity contribution >= 4 is 59.6 Å². The smallest absolute Gasteiger partial charge is 0.326 e. The van der Waals surface area contributed by atoms with Crippen LogP contribution in [0.1, 0.15) is 22.3 Å². The van der Waals surface area contributed by atoms with Gasteiger partial charge in [-0.3, -0.25) is 0 Å². The van der Waals surface area contributed by atoms with Gasteiger partial charge in [0.15, 0.2) is 0 Å². The number of aliphatic carboxylic acids is 4. The van der Waals surface area contributed by atoms with E-state index in [0.29, 0.717) is 22.3 Å². The van der Waals surface area contributed by atoms with E-state index in [0.717, 1.165) is 0 Å². The van der Waals surface area contributed by atoms with Gasteiger partial charge in [-0.25, -0.2) is 19.2 Å². The number of aromatic nitrogens is 6. The minimum absolute atomic E-state index is 0.00654. The van der Waals surface area contributed by atoms with Crippen molar-refractivity contribution in [3.05, 3.63) is 119 Å². The Morgan fingerprint density at radius 1 is 0.351 bits per heavy atom. The number of ether oxygens (including phenoxy) is 2. The van der Waals surface area contributed by atoms with E-state index in [4.69, 9.17) is 9.47 Å². The Morgan fingerprint density at radius 3 is 0.784 bits per heavy atom. The molecular formula is C48H54N12O14. The van der Waals surface area contributed by atoms with E-state index in [1.54, 1.807) is 48.5 Å².